The lowest BCUT2D eigenvalue weighted by molar-refractivity contribution is -0.114. The maximum Gasteiger partial charge on any atom is 0.251 e. The van der Waals surface area contributed by atoms with E-state index in [4.69, 9.17) is 11.6 Å². The zero-order valence-corrected chi connectivity index (χ0v) is 16.0. The van der Waals surface area contributed by atoms with Gasteiger partial charge in [0.05, 0.1) is 0 Å². The number of carbonyl (C=O) groups excluding carboxylic acids is 2. The van der Waals surface area contributed by atoms with E-state index >= 15 is 0 Å². The minimum atomic E-state index is -0.193. The van der Waals surface area contributed by atoms with Gasteiger partial charge in [0.25, 0.3) is 5.91 Å². The Balaban J connectivity index is 1.62. The Labute approximate surface area is 168 Å². The molecule has 0 aliphatic carbocycles. The van der Waals surface area contributed by atoms with Gasteiger partial charge in [0, 0.05) is 41.6 Å². The number of nitrogens with zero attached hydrogens (tertiary/aromatic N) is 1. The van der Waals surface area contributed by atoms with Gasteiger partial charge in [-0.15, -0.1) is 0 Å². The van der Waals surface area contributed by atoms with Gasteiger partial charge in [0.15, 0.2) is 0 Å². The third kappa shape index (κ3) is 5.56. The number of amides is 2. The van der Waals surface area contributed by atoms with Gasteiger partial charge in [-0.2, -0.15) is 0 Å². The molecule has 0 aliphatic heterocycles. The van der Waals surface area contributed by atoms with Crippen molar-refractivity contribution in [3.05, 3.63) is 83.0 Å². The second kappa shape index (κ2) is 9.01. The predicted octanol–water partition coefficient (Wildman–Crippen LogP) is 4.37. The number of pyridine rings is 1. The van der Waals surface area contributed by atoms with Crippen molar-refractivity contribution < 1.29 is 9.59 Å². The van der Waals surface area contributed by atoms with E-state index in [0.29, 0.717) is 28.6 Å². The van der Waals surface area contributed by atoms with E-state index in [2.05, 4.69) is 20.9 Å². The van der Waals surface area contributed by atoms with Crippen LogP contribution in [0.5, 0.6) is 0 Å². The molecule has 0 aliphatic rings. The lowest BCUT2D eigenvalue weighted by Gasteiger charge is -2.09. The second-order valence-electron chi connectivity index (χ2n) is 6.12. The molecule has 2 aromatic carbocycles. The number of anilines is 3. The summed E-state index contributed by atoms with van der Waals surface area (Å²) in [5.74, 6) is 0.229. The largest absolute Gasteiger partial charge is 0.348 e. The van der Waals surface area contributed by atoms with Gasteiger partial charge in [-0.05, 0) is 54.1 Å². The molecule has 1 heterocycles. The van der Waals surface area contributed by atoms with Crippen LogP contribution < -0.4 is 16.0 Å². The van der Waals surface area contributed by atoms with E-state index in [-0.39, 0.29) is 11.8 Å². The lowest BCUT2D eigenvalue weighted by atomic mass is 10.2. The first kappa shape index (κ1) is 19.4. The van der Waals surface area contributed by atoms with Crippen molar-refractivity contribution >= 4 is 40.6 Å². The van der Waals surface area contributed by atoms with Crippen LogP contribution >= 0.6 is 11.6 Å². The van der Waals surface area contributed by atoms with E-state index in [0.717, 1.165) is 11.3 Å². The lowest BCUT2D eigenvalue weighted by Crippen LogP contribution is -2.22. The number of carbonyl (C=O) groups is 2. The van der Waals surface area contributed by atoms with Crippen LogP contribution in [0.1, 0.15) is 22.8 Å². The van der Waals surface area contributed by atoms with Crippen LogP contribution in [0.25, 0.3) is 0 Å². The Kier molecular flexibility index (Phi) is 6.24. The third-order valence-corrected chi connectivity index (χ3v) is 4.12. The first-order valence-electron chi connectivity index (χ1n) is 8.63. The average Bonchev–Trinajstić information content (AvgIpc) is 2.69. The highest BCUT2D eigenvalue weighted by molar-refractivity contribution is 6.30. The summed E-state index contributed by atoms with van der Waals surface area (Å²) in [6.07, 6.45) is 1.57. The van der Waals surface area contributed by atoms with E-state index < -0.39 is 0 Å². The summed E-state index contributed by atoms with van der Waals surface area (Å²) in [5, 5.41) is 9.38. The summed E-state index contributed by atoms with van der Waals surface area (Å²) in [6.45, 7) is 1.87. The van der Waals surface area contributed by atoms with Crippen LogP contribution in [0.15, 0.2) is 66.9 Å². The van der Waals surface area contributed by atoms with Crippen molar-refractivity contribution in [2.24, 2.45) is 0 Å². The first-order chi connectivity index (χ1) is 13.5. The number of halogens is 1. The molecule has 1 aromatic heterocycles. The molecule has 0 radical (unpaired) electrons. The average molecular weight is 395 g/mol. The summed E-state index contributed by atoms with van der Waals surface area (Å²) < 4.78 is 0. The van der Waals surface area contributed by atoms with Crippen LogP contribution in [-0.4, -0.2) is 16.8 Å². The van der Waals surface area contributed by atoms with E-state index in [1.165, 1.54) is 6.92 Å². The van der Waals surface area contributed by atoms with Crippen molar-refractivity contribution in [3.8, 4) is 0 Å². The van der Waals surface area contributed by atoms with Crippen LogP contribution in [0.4, 0.5) is 17.2 Å². The van der Waals surface area contributed by atoms with Crippen molar-refractivity contribution in [2.75, 3.05) is 10.6 Å². The molecule has 0 unspecified atom stereocenters. The molecule has 0 saturated heterocycles. The Hall–Kier alpha value is -3.38. The number of nitrogens with one attached hydrogen (secondary N) is 3. The van der Waals surface area contributed by atoms with Gasteiger partial charge >= 0.3 is 0 Å². The Morgan fingerprint density at radius 3 is 2.32 bits per heavy atom. The standard InChI is InChI=1S/C21H19ClN4O2/c1-14(27)25-18-6-8-19(9-7-18)26-20-12-16(10-11-23-20)21(28)24-13-15-2-4-17(22)5-3-15/h2-12H,13H2,1H3,(H,23,26)(H,24,28)(H,25,27). The maximum atomic E-state index is 12.4. The minimum absolute atomic E-state index is 0.125. The second-order valence-corrected chi connectivity index (χ2v) is 6.56. The van der Waals surface area contributed by atoms with E-state index in [1.807, 2.05) is 24.3 Å². The predicted molar refractivity (Wildman–Crippen MR) is 111 cm³/mol. The Bertz CT molecular complexity index is 972. The molecule has 142 valence electrons. The molecule has 3 rings (SSSR count). The van der Waals surface area contributed by atoms with Gasteiger partial charge in [-0.3, -0.25) is 9.59 Å². The van der Waals surface area contributed by atoms with Crippen molar-refractivity contribution in [1.29, 1.82) is 0 Å². The van der Waals surface area contributed by atoms with Gasteiger partial charge in [-0.1, -0.05) is 23.7 Å². The topological polar surface area (TPSA) is 83.1 Å². The molecule has 0 fully saturated rings. The van der Waals surface area contributed by atoms with Gasteiger partial charge in [-0.25, -0.2) is 4.98 Å². The number of benzene rings is 2. The van der Waals surface area contributed by atoms with Crippen LogP contribution in [0, 0.1) is 0 Å². The third-order valence-electron chi connectivity index (χ3n) is 3.87. The molecule has 0 atom stereocenters. The minimum Gasteiger partial charge on any atom is -0.348 e. The fraction of sp³-hybridized carbons (Fsp3) is 0.0952. The van der Waals surface area contributed by atoms with E-state index in [1.54, 1.807) is 42.6 Å². The Morgan fingerprint density at radius 1 is 0.964 bits per heavy atom. The fourth-order valence-electron chi connectivity index (χ4n) is 2.51. The summed E-state index contributed by atoms with van der Waals surface area (Å²) in [7, 11) is 0. The number of hydrogen-bond donors (Lipinski definition) is 3. The SMILES string of the molecule is CC(=O)Nc1ccc(Nc2cc(C(=O)NCc3ccc(Cl)cc3)ccn2)cc1. The highest BCUT2D eigenvalue weighted by Gasteiger charge is 2.07. The van der Waals surface area contributed by atoms with Crippen molar-refractivity contribution in [3.63, 3.8) is 0 Å². The van der Waals surface area contributed by atoms with Gasteiger partial charge in [0.1, 0.15) is 5.82 Å². The zero-order chi connectivity index (χ0) is 19.9. The van der Waals surface area contributed by atoms with E-state index in [9.17, 15) is 9.59 Å². The van der Waals surface area contributed by atoms with Gasteiger partial charge < -0.3 is 16.0 Å². The molecular formula is C21H19ClN4O2. The molecule has 3 N–H and O–H groups in total. The fourth-order valence-corrected chi connectivity index (χ4v) is 2.64. The number of hydrogen-bond acceptors (Lipinski definition) is 4. The van der Waals surface area contributed by atoms with Crippen molar-refractivity contribution in [2.45, 2.75) is 13.5 Å². The highest BCUT2D eigenvalue weighted by Crippen LogP contribution is 2.18. The molecule has 3 aromatic rings. The quantitative estimate of drug-likeness (QED) is 0.579. The van der Waals surface area contributed by atoms with Crippen molar-refractivity contribution in [1.82, 2.24) is 10.3 Å². The summed E-state index contributed by atoms with van der Waals surface area (Å²) in [5.41, 5.74) is 2.97. The van der Waals surface area contributed by atoms with Crippen LogP contribution in [0.3, 0.4) is 0 Å². The van der Waals surface area contributed by atoms with Crippen LogP contribution in [-0.2, 0) is 11.3 Å². The molecular weight excluding hydrogens is 376 g/mol. The monoisotopic (exact) mass is 394 g/mol. The number of rotatable bonds is 6. The normalized spacial score (nSPS) is 10.2. The molecule has 28 heavy (non-hydrogen) atoms. The molecule has 6 nitrogen and oxygen atoms in total. The molecule has 0 spiro atoms. The maximum absolute atomic E-state index is 12.4. The first-order valence-corrected chi connectivity index (χ1v) is 9.01. The smallest absolute Gasteiger partial charge is 0.251 e. The highest BCUT2D eigenvalue weighted by atomic mass is 35.5. The summed E-state index contributed by atoms with van der Waals surface area (Å²) >= 11 is 5.87. The Morgan fingerprint density at radius 2 is 1.64 bits per heavy atom. The molecule has 2 amide bonds. The van der Waals surface area contributed by atoms with Gasteiger partial charge in [0.2, 0.25) is 5.91 Å². The molecule has 0 bridgehead atoms. The number of aromatic nitrogens is 1. The zero-order valence-electron chi connectivity index (χ0n) is 15.2. The molecule has 7 heteroatoms. The molecule has 0 saturated carbocycles. The van der Waals surface area contributed by atoms with Crippen LogP contribution in [0.2, 0.25) is 5.02 Å². The summed E-state index contributed by atoms with van der Waals surface area (Å²) in [6, 6.07) is 17.9. The summed E-state index contributed by atoms with van der Waals surface area (Å²) in [4.78, 5) is 27.7.